The molecule has 6 nitrogen and oxygen atoms in total. The fourth-order valence-electron chi connectivity index (χ4n) is 0.990. The van der Waals surface area contributed by atoms with Crippen LogP contribution >= 0.6 is 0 Å². The number of nitrogens with zero attached hydrogens (tertiary/aromatic N) is 4. The molecule has 0 amide bonds. The molecule has 84 valence electrons. The highest BCUT2D eigenvalue weighted by Crippen LogP contribution is 2.05. The zero-order chi connectivity index (χ0) is 12.1. The predicted octanol–water partition coefficient (Wildman–Crippen LogP) is 0.674. The summed E-state index contributed by atoms with van der Waals surface area (Å²) in [6.07, 6.45) is 2.55. The molecular weight excluding hydrogens is 208 g/mol. The molecule has 0 unspecified atom stereocenters. The number of carbonyl (C=O) groups excluding carboxylic acids is 1. The van der Waals surface area contributed by atoms with E-state index in [-0.39, 0.29) is 11.7 Å². The normalized spacial score (nSPS) is 11.3. The Labute approximate surface area is 93.1 Å². The predicted molar refractivity (Wildman–Crippen MR) is 55.8 cm³/mol. The second kappa shape index (κ2) is 5.07. The van der Waals surface area contributed by atoms with Gasteiger partial charge in [0.05, 0.1) is 12.3 Å². The highest BCUT2D eigenvalue weighted by molar-refractivity contribution is 5.97. The van der Waals surface area contributed by atoms with Crippen molar-refractivity contribution in [2.75, 3.05) is 0 Å². The van der Waals surface area contributed by atoms with Gasteiger partial charge in [-0.2, -0.15) is 20.3 Å². The monoisotopic (exact) mass is 220 g/mol. The van der Waals surface area contributed by atoms with Crippen molar-refractivity contribution in [1.82, 2.24) is 15.0 Å². The number of hydrogen-bond donors (Lipinski definition) is 0. The first kappa shape index (κ1) is 11.9. The average Bonchev–Trinajstić information content (AvgIpc) is 2.59. The zero-order valence-corrected chi connectivity index (χ0v) is 9.34. The lowest BCUT2D eigenvalue weighted by molar-refractivity contribution is -0.142. The number of rotatable bonds is 3. The minimum absolute atomic E-state index is 0.0887. The van der Waals surface area contributed by atoms with Gasteiger partial charge in [0.15, 0.2) is 0 Å². The summed E-state index contributed by atoms with van der Waals surface area (Å²) in [5.74, 6) is -0.650. The molecule has 0 N–H and O–H groups in total. The summed E-state index contributed by atoms with van der Waals surface area (Å²) in [4.78, 5) is 12.8. The minimum atomic E-state index is -0.650. The van der Waals surface area contributed by atoms with Crippen molar-refractivity contribution >= 4 is 12.0 Å². The van der Waals surface area contributed by atoms with Crippen LogP contribution in [-0.2, 0) is 16.6 Å². The Hall–Kier alpha value is -2.16. The van der Waals surface area contributed by atoms with Crippen molar-refractivity contribution in [2.24, 2.45) is 7.05 Å². The van der Waals surface area contributed by atoms with Crippen molar-refractivity contribution in [1.29, 1.82) is 5.26 Å². The maximum Gasteiger partial charge on any atom is 0.349 e. The molecule has 1 rings (SSSR count). The van der Waals surface area contributed by atoms with Gasteiger partial charge in [-0.15, -0.1) is 0 Å². The number of aryl methyl sites for hydroxylation is 1. The van der Waals surface area contributed by atoms with Gasteiger partial charge in [-0.3, -0.25) is 0 Å². The maximum atomic E-state index is 11.4. The number of carbonyl (C=O) groups is 1. The van der Waals surface area contributed by atoms with Gasteiger partial charge in [-0.25, -0.2) is 4.79 Å². The summed E-state index contributed by atoms with van der Waals surface area (Å²) in [5.41, 5.74) is 0.356. The van der Waals surface area contributed by atoms with Crippen LogP contribution in [0.25, 0.3) is 6.08 Å². The summed E-state index contributed by atoms with van der Waals surface area (Å²) < 4.78 is 4.90. The smallest absolute Gasteiger partial charge is 0.349 e. The van der Waals surface area contributed by atoms with E-state index in [2.05, 4.69) is 10.2 Å². The van der Waals surface area contributed by atoms with Crippen LogP contribution in [0.15, 0.2) is 11.8 Å². The number of ether oxygens (including phenoxy) is 1. The van der Waals surface area contributed by atoms with Crippen LogP contribution in [-0.4, -0.2) is 27.1 Å². The molecule has 1 heterocycles. The standard InChI is InChI=1S/C10H12N4O2/c1-7(2)16-10(15)8(5-11)4-9-6-12-14(3)13-9/h4,6-7H,1-3H3/b8-4+. The molecule has 0 atom stereocenters. The molecule has 16 heavy (non-hydrogen) atoms. The lowest BCUT2D eigenvalue weighted by Gasteiger charge is -2.05. The summed E-state index contributed by atoms with van der Waals surface area (Å²) >= 11 is 0. The average molecular weight is 220 g/mol. The third-order valence-electron chi connectivity index (χ3n) is 1.59. The van der Waals surface area contributed by atoms with E-state index in [0.29, 0.717) is 5.69 Å². The van der Waals surface area contributed by atoms with E-state index in [0.717, 1.165) is 0 Å². The number of hydrogen-bond acceptors (Lipinski definition) is 5. The molecule has 0 radical (unpaired) electrons. The largest absolute Gasteiger partial charge is 0.459 e. The van der Waals surface area contributed by atoms with Crippen molar-refractivity contribution in [2.45, 2.75) is 20.0 Å². The van der Waals surface area contributed by atoms with Gasteiger partial charge in [-0.1, -0.05) is 0 Å². The Morgan fingerprint density at radius 2 is 2.38 bits per heavy atom. The minimum Gasteiger partial charge on any atom is -0.459 e. The van der Waals surface area contributed by atoms with Crippen LogP contribution < -0.4 is 0 Å². The second-order valence-electron chi connectivity index (χ2n) is 3.38. The first-order valence-electron chi connectivity index (χ1n) is 4.72. The van der Waals surface area contributed by atoms with Gasteiger partial charge in [0.2, 0.25) is 0 Å². The Morgan fingerprint density at radius 1 is 1.69 bits per heavy atom. The molecule has 0 aliphatic carbocycles. The third kappa shape index (κ3) is 3.20. The highest BCUT2D eigenvalue weighted by atomic mass is 16.5. The highest BCUT2D eigenvalue weighted by Gasteiger charge is 2.12. The van der Waals surface area contributed by atoms with Crippen LogP contribution in [0.5, 0.6) is 0 Å². The molecule has 6 heteroatoms. The zero-order valence-electron chi connectivity index (χ0n) is 9.34. The molecule has 0 aliphatic rings. The van der Waals surface area contributed by atoms with E-state index in [1.807, 2.05) is 0 Å². The van der Waals surface area contributed by atoms with E-state index in [1.54, 1.807) is 27.0 Å². The van der Waals surface area contributed by atoms with Gasteiger partial charge < -0.3 is 4.74 Å². The number of nitriles is 1. The summed E-state index contributed by atoms with van der Waals surface area (Å²) in [6.45, 7) is 3.43. The lowest BCUT2D eigenvalue weighted by Crippen LogP contribution is -2.12. The molecule has 1 aromatic rings. The Morgan fingerprint density at radius 3 is 2.81 bits per heavy atom. The van der Waals surface area contributed by atoms with Gasteiger partial charge in [0.1, 0.15) is 17.3 Å². The molecule has 0 spiro atoms. The van der Waals surface area contributed by atoms with Gasteiger partial charge in [-0.05, 0) is 19.9 Å². The SMILES string of the molecule is CC(C)OC(=O)/C(C#N)=C/c1cnn(C)n1. The molecule has 0 aliphatic heterocycles. The fourth-order valence-corrected chi connectivity index (χ4v) is 0.990. The second-order valence-corrected chi connectivity index (χ2v) is 3.38. The molecule has 0 fully saturated rings. The first-order chi connectivity index (χ1) is 7.52. The molecule has 0 saturated carbocycles. The Bertz CT molecular complexity index is 454. The topological polar surface area (TPSA) is 80.8 Å². The van der Waals surface area contributed by atoms with Crippen LogP contribution in [0.4, 0.5) is 0 Å². The molecule has 1 aromatic heterocycles. The maximum absolute atomic E-state index is 11.4. The van der Waals surface area contributed by atoms with Crippen molar-refractivity contribution in [3.8, 4) is 6.07 Å². The molecule has 0 saturated heterocycles. The number of aromatic nitrogens is 3. The van der Waals surface area contributed by atoms with E-state index < -0.39 is 5.97 Å². The number of esters is 1. The van der Waals surface area contributed by atoms with Crippen LogP contribution in [0.3, 0.4) is 0 Å². The third-order valence-corrected chi connectivity index (χ3v) is 1.59. The fraction of sp³-hybridized carbons (Fsp3) is 0.400. The molecule has 0 aromatic carbocycles. The summed E-state index contributed by atoms with van der Waals surface area (Å²) in [6, 6.07) is 1.77. The van der Waals surface area contributed by atoms with Crippen LogP contribution in [0, 0.1) is 11.3 Å². The van der Waals surface area contributed by atoms with Gasteiger partial charge in [0.25, 0.3) is 0 Å². The van der Waals surface area contributed by atoms with Crippen molar-refractivity contribution < 1.29 is 9.53 Å². The summed E-state index contributed by atoms with van der Waals surface area (Å²) in [5, 5.41) is 16.6. The molecular formula is C10H12N4O2. The van der Waals surface area contributed by atoms with Gasteiger partial charge >= 0.3 is 5.97 Å². The Kier molecular flexibility index (Phi) is 3.78. The van der Waals surface area contributed by atoms with Gasteiger partial charge in [0, 0.05) is 7.05 Å². The Balaban J connectivity index is 2.87. The van der Waals surface area contributed by atoms with Crippen LogP contribution in [0.1, 0.15) is 19.5 Å². The van der Waals surface area contributed by atoms with E-state index in [9.17, 15) is 4.79 Å². The van der Waals surface area contributed by atoms with Crippen LogP contribution in [0.2, 0.25) is 0 Å². The van der Waals surface area contributed by atoms with Crippen molar-refractivity contribution in [3.63, 3.8) is 0 Å². The van der Waals surface area contributed by atoms with E-state index in [4.69, 9.17) is 10.00 Å². The summed E-state index contributed by atoms with van der Waals surface area (Å²) in [7, 11) is 1.65. The van der Waals surface area contributed by atoms with E-state index in [1.165, 1.54) is 17.1 Å². The lowest BCUT2D eigenvalue weighted by atomic mass is 10.2. The first-order valence-corrected chi connectivity index (χ1v) is 4.72. The van der Waals surface area contributed by atoms with Crippen molar-refractivity contribution in [3.05, 3.63) is 17.5 Å². The molecule has 0 bridgehead atoms. The van der Waals surface area contributed by atoms with E-state index >= 15 is 0 Å². The quantitative estimate of drug-likeness (QED) is 0.425.